The second kappa shape index (κ2) is 3.75. The summed E-state index contributed by atoms with van der Waals surface area (Å²) >= 11 is 3.42. The molecule has 1 aliphatic rings. The van der Waals surface area contributed by atoms with Gasteiger partial charge < -0.3 is 15.5 Å². The summed E-state index contributed by atoms with van der Waals surface area (Å²) in [5.74, 6) is 1.36. The van der Waals surface area contributed by atoms with E-state index < -0.39 is 0 Å². The summed E-state index contributed by atoms with van der Waals surface area (Å²) in [5, 5.41) is 0. The number of anilines is 1. The fourth-order valence-electron chi connectivity index (χ4n) is 2.07. The third kappa shape index (κ3) is 1.60. The first kappa shape index (κ1) is 10.1. The Bertz CT molecular complexity index is 531. The Kier molecular flexibility index (Phi) is 2.37. The number of rotatable bonds is 1. The molecule has 3 rings (SSSR count). The third-order valence-electron chi connectivity index (χ3n) is 2.92. The highest BCUT2D eigenvalue weighted by Crippen LogP contribution is 2.29. The van der Waals surface area contributed by atoms with E-state index in [0.717, 1.165) is 41.0 Å². The van der Waals surface area contributed by atoms with Crippen LogP contribution in [0.5, 0.6) is 0 Å². The zero-order chi connectivity index (χ0) is 11.1. The molecular formula is C11H12BrN3O. The molecule has 0 amide bonds. The Morgan fingerprint density at radius 3 is 3.12 bits per heavy atom. The molecule has 1 atom stereocenters. The summed E-state index contributed by atoms with van der Waals surface area (Å²) in [6, 6.07) is 3.87. The van der Waals surface area contributed by atoms with Gasteiger partial charge in [0.1, 0.15) is 11.3 Å². The highest BCUT2D eigenvalue weighted by molar-refractivity contribution is 9.10. The minimum absolute atomic E-state index is 0.380. The van der Waals surface area contributed by atoms with E-state index in [1.165, 1.54) is 0 Å². The van der Waals surface area contributed by atoms with Crippen molar-refractivity contribution in [3.63, 3.8) is 0 Å². The molecule has 4 nitrogen and oxygen atoms in total. The first-order valence-corrected chi connectivity index (χ1v) is 6.06. The molecule has 1 unspecified atom stereocenters. The number of hydrogen-bond donors (Lipinski definition) is 2. The zero-order valence-electron chi connectivity index (χ0n) is 8.66. The largest absolute Gasteiger partial charge is 0.397 e. The molecule has 1 aromatic heterocycles. The van der Waals surface area contributed by atoms with Crippen LogP contribution in [0.15, 0.2) is 16.6 Å². The molecule has 5 heteroatoms. The van der Waals surface area contributed by atoms with Crippen molar-refractivity contribution in [2.45, 2.75) is 12.3 Å². The normalized spacial score (nSPS) is 20.7. The molecule has 0 saturated carbocycles. The second-order valence-corrected chi connectivity index (χ2v) is 4.99. The van der Waals surface area contributed by atoms with Crippen molar-refractivity contribution in [1.82, 2.24) is 9.97 Å². The van der Waals surface area contributed by atoms with Crippen LogP contribution in [0.2, 0.25) is 0 Å². The quantitative estimate of drug-likeness (QED) is 0.789. The van der Waals surface area contributed by atoms with Crippen molar-refractivity contribution in [1.29, 1.82) is 0 Å². The van der Waals surface area contributed by atoms with E-state index >= 15 is 0 Å². The predicted molar refractivity (Wildman–Crippen MR) is 66.4 cm³/mol. The summed E-state index contributed by atoms with van der Waals surface area (Å²) in [7, 11) is 0. The van der Waals surface area contributed by atoms with Gasteiger partial charge in [0, 0.05) is 17.0 Å². The smallest absolute Gasteiger partial charge is 0.112 e. The maximum Gasteiger partial charge on any atom is 0.112 e. The van der Waals surface area contributed by atoms with Gasteiger partial charge >= 0.3 is 0 Å². The van der Waals surface area contributed by atoms with E-state index in [9.17, 15) is 0 Å². The number of fused-ring (bicyclic) bond motifs is 1. The third-order valence-corrected chi connectivity index (χ3v) is 3.37. The highest BCUT2D eigenvalue weighted by Gasteiger charge is 2.21. The van der Waals surface area contributed by atoms with Gasteiger partial charge in [0.25, 0.3) is 0 Å². The molecule has 1 aliphatic heterocycles. The van der Waals surface area contributed by atoms with Crippen LogP contribution in [-0.2, 0) is 4.74 Å². The van der Waals surface area contributed by atoms with Crippen LogP contribution >= 0.6 is 15.9 Å². The Hall–Kier alpha value is -1.07. The number of ether oxygens (including phenoxy) is 1. The molecule has 0 spiro atoms. The summed E-state index contributed by atoms with van der Waals surface area (Å²) in [6.45, 7) is 1.57. The number of nitrogens with zero attached hydrogens (tertiary/aromatic N) is 1. The van der Waals surface area contributed by atoms with Gasteiger partial charge in [0.05, 0.1) is 17.8 Å². The lowest BCUT2D eigenvalue weighted by atomic mass is 10.1. The van der Waals surface area contributed by atoms with E-state index in [4.69, 9.17) is 10.5 Å². The number of benzene rings is 1. The fourth-order valence-corrected chi connectivity index (χ4v) is 2.55. The number of halogens is 1. The van der Waals surface area contributed by atoms with E-state index in [1.54, 1.807) is 0 Å². The van der Waals surface area contributed by atoms with Gasteiger partial charge in [-0.1, -0.05) is 15.9 Å². The van der Waals surface area contributed by atoms with Crippen LogP contribution in [0, 0.1) is 0 Å². The van der Waals surface area contributed by atoms with Gasteiger partial charge in [-0.25, -0.2) is 4.98 Å². The average molecular weight is 282 g/mol. The number of nitrogen functional groups attached to an aromatic ring is 1. The molecular weight excluding hydrogens is 270 g/mol. The van der Waals surface area contributed by atoms with Gasteiger partial charge in [-0.3, -0.25) is 0 Å². The van der Waals surface area contributed by atoms with Crippen LogP contribution in [-0.4, -0.2) is 23.2 Å². The summed E-state index contributed by atoms with van der Waals surface area (Å²) in [4.78, 5) is 7.87. The molecule has 1 saturated heterocycles. The summed E-state index contributed by atoms with van der Waals surface area (Å²) in [6.07, 6.45) is 1.03. The maximum atomic E-state index is 5.93. The molecule has 84 valence electrons. The lowest BCUT2D eigenvalue weighted by molar-refractivity contribution is 0.193. The van der Waals surface area contributed by atoms with Crippen LogP contribution in [0.4, 0.5) is 5.69 Å². The number of aromatic amines is 1. The van der Waals surface area contributed by atoms with E-state index in [0.29, 0.717) is 11.6 Å². The number of nitrogens with two attached hydrogens (primary N) is 1. The van der Waals surface area contributed by atoms with Crippen LogP contribution in [0.25, 0.3) is 11.0 Å². The van der Waals surface area contributed by atoms with Gasteiger partial charge in [0.15, 0.2) is 0 Å². The number of aromatic nitrogens is 2. The van der Waals surface area contributed by atoms with Crippen molar-refractivity contribution in [3.05, 3.63) is 22.4 Å². The Labute approximate surface area is 101 Å². The fraction of sp³-hybridized carbons (Fsp3) is 0.364. The lowest BCUT2D eigenvalue weighted by Crippen LogP contribution is -1.99. The Morgan fingerprint density at radius 1 is 1.50 bits per heavy atom. The van der Waals surface area contributed by atoms with E-state index in [-0.39, 0.29) is 0 Å². The van der Waals surface area contributed by atoms with Crippen LogP contribution < -0.4 is 5.73 Å². The highest BCUT2D eigenvalue weighted by atomic mass is 79.9. The molecule has 2 heterocycles. The SMILES string of the molecule is Nc1cc(Br)cc2[nH]c(C3CCOC3)nc12. The van der Waals surface area contributed by atoms with Crippen molar-refractivity contribution >= 4 is 32.7 Å². The van der Waals surface area contributed by atoms with Crippen LogP contribution in [0.1, 0.15) is 18.2 Å². The molecule has 0 radical (unpaired) electrons. The molecule has 2 aromatic rings. The molecule has 1 fully saturated rings. The molecule has 0 aliphatic carbocycles. The standard InChI is InChI=1S/C11H12BrN3O/c12-7-3-8(13)10-9(4-7)14-11(15-10)6-1-2-16-5-6/h3-4,6H,1-2,5,13H2,(H,14,15). The van der Waals surface area contributed by atoms with Crippen LogP contribution in [0.3, 0.4) is 0 Å². The van der Waals surface area contributed by atoms with Crippen molar-refractivity contribution < 1.29 is 4.74 Å². The van der Waals surface area contributed by atoms with E-state index in [2.05, 4.69) is 25.9 Å². The predicted octanol–water partition coefficient (Wildman–Crippen LogP) is 2.41. The van der Waals surface area contributed by atoms with Gasteiger partial charge in [-0.05, 0) is 18.6 Å². The number of imidazole rings is 1. The zero-order valence-corrected chi connectivity index (χ0v) is 10.3. The first-order valence-electron chi connectivity index (χ1n) is 5.26. The second-order valence-electron chi connectivity index (χ2n) is 4.07. The van der Waals surface area contributed by atoms with Crippen molar-refractivity contribution in [2.24, 2.45) is 0 Å². The topological polar surface area (TPSA) is 63.9 Å². The summed E-state index contributed by atoms with van der Waals surface area (Å²) < 4.78 is 6.33. The molecule has 3 N–H and O–H groups in total. The van der Waals surface area contributed by atoms with Gasteiger partial charge in [0.2, 0.25) is 0 Å². The molecule has 0 bridgehead atoms. The molecule has 1 aromatic carbocycles. The number of hydrogen-bond acceptors (Lipinski definition) is 3. The number of nitrogens with one attached hydrogen (secondary N) is 1. The summed E-state index contributed by atoms with van der Waals surface area (Å²) in [5.41, 5.74) is 8.46. The Morgan fingerprint density at radius 2 is 2.38 bits per heavy atom. The Balaban J connectivity index is 2.11. The number of H-pyrrole nitrogens is 1. The lowest BCUT2D eigenvalue weighted by Gasteiger charge is -2.00. The van der Waals surface area contributed by atoms with Crippen molar-refractivity contribution in [2.75, 3.05) is 18.9 Å². The minimum atomic E-state index is 0.380. The monoisotopic (exact) mass is 281 g/mol. The maximum absolute atomic E-state index is 5.93. The minimum Gasteiger partial charge on any atom is -0.397 e. The first-order chi connectivity index (χ1) is 7.74. The van der Waals surface area contributed by atoms with Crippen molar-refractivity contribution in [3.8, 4) is 0 Å². The average Bonchev–Trinajstić information content (AvgIpc) is 2.82. The van der Waals surface area contributed by atoms with E-state index in [1.807, 2.05) is 12.1 Å². The molecule has 16 heavy (non-hydrogen) atoms. The van der Waals surface area contributed by atoms with Gasteiger partial charge in [-0.15, -0.1) is 0 Å². The van der Waals surface area contributed by atoms with Gasteiger partial charge in [-0.2, -0.15) is 0 Å².